The molecular weight excluding hydrogens is 290 g/mol. The van der Waals surface area contributed by atoms with E-state index in [4.69, 9.17) is 4.98 Å². The first-order chi connectivity index (χ1) is 10.9. The van der Waals surface area contributed by atoms with Crippen LogP contribution < -0.4 is 0 Å². The highest BCUT2D eigenvalue weighted by Gasteiger charge is 2.36. The van der Waals surface area contributed by atoms with Crippen LogP contribution in [0, 0.1) is 0 Å². The average Bonchev–Trinajstić information content (AvgIpc) is 2.90. The third-order valence-corrected chi connectivity index (χ3v) is 4.13. The van der Waals surface area contributed by atoms with E-state index in [1.165, 1.54) is 0 Å². The maximum atomic E-state index is 12.7. The zero-order chi connectivity index (χ0) is 16.7. The molecule has 5 heteroatoms. The molecule has 2 aromatic rings. The maximum Gasteiger partial charge on any atom is 0.252 e. The molecule has 0 saturated heterocycles. The molecule has 0 fully saturated rings. The van der Waals surface area contributed by atoms with Gasteiger partial charge in [0.05, 0.1) is 0 Å². The van der Waals surface area contributed by atoms with Crippen molar-refractivity contribution in [3.63, 3.8) is 0 Å². The molecule has 0 N–H and O–H groups in total. The van der Waals surface area contributed by atoms with Gasteiger partial charge in [-0.3, -0.25) is 9.59 Å². The van der Waals surface area contributed by atoms with E-state index >= 15 is 0 Å². The molecule has 0 saturated carbocycles. The van der Waals surface area contributed by atoms with Crippen LogP contribution in [-0.4, -0.2) is 46.7 Å². The highest BCUT2D eigenvalue weighted by Crippen LogP contribution is 2.35. The van der Waals surface area contributed by atoms with Gasteiger partial charge in [0.15, 0.2) is 0 Å². The van der Waals surface area contributed by atoms with Crippen LogP contribution in [0.15, 0.2) is 24.3 Å². The van der Waals surface area contributed by atoms with Crippen LogP contribution in [0.2, 0.25) is 0 Å². The topological polar surface area (TPSA) is 55.2 Å². The van der Waals surface area contributed by atoms with E-state index in [0.717, 1.165) is 17.9 Å². The lowest BCUT2D eigenvalue weighted by Crippen LogP contribution is -2.27. The summed E-state index contributed by atoms with van der Waals surface area (Å²) in [6, 6.07) is 7.22. The first-order valence-electron chi connectivity index (χ1n) is 7.85. The number of aromatic nitrogens is 2. The molecule has 0 atom stereocenters. The molecular formula is C18H21N3O2. The highest BCUT2D eigenvalue weighted by atomic mass is 16.2. The van der Waals surface area contributed by atoms with E-state index in [2.05, 4.69) is 18.7 Å². The van der Waals surface area contributed by atoms with Gasteiger partial charge in [0.25, 0.3) is 5.78 Å². The van der Waals surface area contributed by atoms with E-state index in [1.807, 2.05) is 30.8 Å². The lowest BCUT2D eigenvalue weighted by Gasteiger charge is -2.18. The maximum absolute atomic E-state index is 12.7. The summed E-state index contributed by atoms with van der Waals surface area (Å²) in [6.45, 7) is 5.53. The number of carbonyl (C=O) groups is 2. The Morgan fingerprint density at radius 1 is 1.09 bits per heavy atom. The zero-order valence-electron chi connectivity index (χ0n) is 14.0. The Labute approximate surface area is 135 Å². The summed E-state index contributed by atoms with van der Waals surface area (Å²) in [5.74, 6) is 0.152. The molecule has 0 spiro atoms. The lowest BCUT2D eigenvalue weighted by molar-refractivity contribution is 0.0809. The van der Waals surface area contributed by atoms with Crippen LogP contribution in [0.4, 0.5) is 0 Å². The molecule has 1 aromatic heterocycles. The molecule has 1 aliphatic rings. The molecule has 23 heavy (non-hydrogen) atoms. The summed E-state index contributed by atoms with van der Waals surface area (Å²) in [5, 5.41) is 0. The Hall–Kier alpha value is -2.27. The summed E-state index contributed by atoms with van der Waals surface area (Å²) in [7, 11) is 3.97. The van der Waals surface area contributed by atoms with Gasteiger partial charge >= 0.3 is 0 Å². The molecule has 0 unspecified atom stereocenters. The SMILES string of the molecule is CC(C)c1nc2c(n1CCN(C)C)C(=O)C(=O)c1ccccc1-2. The van der Waals surface area contributed by atoms with Crippen molar-refractivity contribution < 1.29 is 9.59 Å². The number of imidazole rings is 1. The van der Waals surface area contributed by atoms with Crippen molar-refractivity contribution in [3.8, 4) is 11.3 Å². The van der Waals surface area contributed by atoms with Crippen molar-refractivity contribution in [1.29, 1.82) is 0 Å². The standard InChI is InChI=1S/C18H21N3O2/c1-11(2)18-19-14-12-7-5-6-8-13(12)16(22)17(23)15(14)21(18)10-9-20(3)4/h5-8,11H,9-10H2,1-4H3. The minimum absolute atomic E-state index is 0.179. The quantitative estimate of drug-likeness (QED) is 0.815. The number of rotatable bonds is 4. The van der Waals surface area contributed by atoms with Crippen LogP contribution >= 0.6 is 0 Å². The predicted molar refractivity (Wildman–Crippen MR) is 89.0 cm³/mol. The fourth-order valence-electron chi connectivity index (χ4n) is 2.97. The van der Waals surface area contributed by atoms with Crippen LogP contribution in [0.3, 0.4) is 0 Å². The van der Waals surface area contributed by atoms with Gasteiger partial charge in [-0.2, -0.15) is 0 Å². The van der Waals surface area contributed by atoms with Crippen molar-refractivity contribution in [2.75, 3.05) is 20.6 Å². The lowest BCUT2D eigenvalue weighted by atomic mass is 9.90. The van der Waals surface area contributed by atoms with Gasteiger partial charge in [-0.25, -0.2) is 4.98 Å². The van der Waals surface area contributed by atoms with E-state index in [0.29, 0.717) is 23.5 Å². The Kier molecular flexibility index (Phi) is 3.90. The first-order valence-corrected chi connectivity index (χ1v) is 7.85. The molecule has 0 aliphatic heterocycles. The number of carbonyl (C=O) groups excluding carboxylic acids is 2. The Balaban J connectivity index is 2.23. The third-order valence-electron chi connectivity index (χ3n) is 4.13. The molecule has 5 nitrogen and oxygen atoms in total. The Bertz CT molecular complexity index is 788. The normalized spacial score (nSPS) is 13.7. The van der Waals surface area contributed by atoms with Crippen LogP contribution in [0.1, 0.15) is 46.4 Å². The molecule has 120 valence electrons. The third kappa shape index (κ3) is 2.51. The molecule has 0 amide bonds. The van der Waals surface area contributed by atoms with Gasteiger partial charge in [-0.1, -0.05) is 38.1 Å². The van der Waals surface area contributed by atoms with E-state index < -0.39 is 11.6 Å². The smallest absolute Gasteiger partial charge is 0.252 e. The van der Waals surface area contributed by atoms with Gasteiger partial charge in [0.1, 0.15) is 17.2 Å². The second-order valence-corrected chi connectivity index (χ2v) is 6.48. The van der Waals surface area contributed by atoms with Crippen molar-refractivity contribution in [1.82, 2.24) is 14.5 Å². The van der Waals surface area contributed by atoms with Crippen molar-refractivity contribution in [2.45, 2.75) is 26.3 Å². The summed E-state index contributed by atoms with van der Waals surface area (Å²) < 4.78 is 1.93. The first kappa shape index (κ1) is 15.6. The van der Waals surface area contributed by atoms with Gasteiger partial charge in [0.2, 0.25) is 5.78 Å². The molecule has 1 aromatic carbocycles. The number of ketones is 2. The molecule has 1 heterocycles. The van der Waals surface area contributed by atoms with Gasteiger partial charge in [0, 0.05) is 30.1 Å². The molecule has 3 rings (SSSR count). The second-order valence-electron chi connectivity index (χ2n) is 6.48. The minimum Gasteiger partial charge on any atom is -0.323 e. The summed E-state index contributed by atoms with van der Waals surface area (Å²) in [6.07, 6.45) is 0. The van der Waals surface area contributed by atoms with Crippen LogP contribution in [0.5, 0.6) is 0 Å². The predicted octanol–water partition coefficient (Wildman–Crippen LogP) is 2.61. The summed E-state index contributed by atoms with van der Waals surface area (Å²) in [5.41, 5.74) is 2.31. The average molecular weight is 311 g/mol. The van der Waals surface area contributed by atoms with Crippen LogP contribution in [-0.2, 0) is 6.54 Å². The van der Waals surface area contributed by atoms with Gasteiger partial charge in [-0.15, -0.1) is 0 Å². The number of fused-ring (bicyclic) bond motifs is 3. The second kappa shape index (κ2) is 5.74. The van der Waals surface area contributed by atoms with Crippen molar-refractivity contribution in [3.05, 3.63) is 41.3 Å². The Morgan fingerprint density at radius 2 is 1.74 bits per heavy atom. The number of benzene rings is 1. The molecule has 0 radical (unpaired) electrons. The zero-order valence-corrected chi connectivity index (χ0v) is 14.0. The van der Waals surface area contributed by atoms with Crippen LogP contribution in [0.25, 0.3) is 11.3 Å². The van der Waals surface area contributed by atoms with Gasteiger partial charge in [-0.05, 0) is 14.1 Å². The number of hydrogen-bond donors (Lipinski definition) is 0. The van der Waals surface area contributed by atoms with Crippen molar-refractivity contribution in [2.24, 2.45) is 0 Å². The molecule has 1 aliphatic carbocycles. The minimum atomic E-state index is -0.447. The number of nitrogens with zero attached hydrogens (tertiary/aromatic N) is 3. The summed E-state index contributed by atoms with van der Waals surface area (Å²) in [4.78, 5) is 31.9. The summed E-state index contributed by atoms with van der Waals surface area (Å²) >= 11 is 0. The number of hydrogen-bond acceptors (Lipinski definition) is 4. The highest BCUT2D eigenvalue weighted by molar-refractivity contribution is 6.52. The van der Waals surface area contributed by atoms with E-state index in [-0.39, 0.29) is 5.92 Å². The monoisotopic (exact) mass is 311 g/mol. The number of likely N-dealkylation sites (N-methyl/N-ethyl adjacent to an activating group) is 1. The molecule has 0 bridgehead atoms. The number of Topliss-reactive ketones (excluding diaryl/α,β-unsaturated/α-hetero) is 2. The van der Waals surface area contributed by atoms with E-state index in [9.17, 15) is 9.59 Å². The fourth-order valence-corrected chi connectivity index (χ4v) is 2.97. The fraction of sp³-hybridized carbons (Fsp3) is 0.389. The Morgan fingerprint density at radius 3 is 2.35 bits per heavy atom. The van der Waals surface area contributed by atoms with E-state index in [1.54, 1.807) is 12.1 Å². The van der Waals surface area contributed by atoms with Crippen molar-refractivity contribution >= 4 is 11.6 Å². The van der Waals surface area contributed by atoms with Gasteiger partial charge < -0.3 is 9.47 Å². The largest absolute Gasteiger partial charge is 0.323 e.